The molecule has 1 N–H and O–H groups in total. The quantitative estimate of drug-likeness (QED) is 0.649. The largest absolute Gasteiger partial charge is 0.489 e. The van der Waals surface area contributed by atoms with E-state index in [9.17, 15) is 14.4 Å². The maximum atomic E-state index is 13.6. The number of nitrogens with zero attached hydrogens (tertiary/aromatic N) is 2. The van der Waals surface area contributed by atoms with Gasteiger partial charge in [-0.25, -0.2) is 0 Å². The molecule has 5 rings (SSSR count). The van der Waals surface area contributed by atoms with Gasteiger partial charge in [0.2, 0.25) is 11.8 Å². The first-order valence-electron chi connectivity index (χ1n) is 19.9. The highest BCUT2D eigenvalue weighted by molar-refractivity contribution is 6.05. The van der Waals surface area contributed by atoms with Crippen molar-refractivity contribution in [3.63, 3.8) is 0 Å². The van der Waals surface area contributed by atoms with E-state index in [0.29, 0.717) is 4.90 Å². The van der Waals surface area contributed by atoms with E-state index >= 15 is 0 Å². The topological polar surface area (TPSA) is 88.2 Å². The van der Waals surface area contributed by atoms with E-state index in [-0.39, 0.29) is 12.8 Å². The monoisotopic (exact) mass is 470 g/mol. The summed E-state index contributed by atoms with van der Waals surface area (Å²) in [4.78, 5) is 37.7. The first kappa shape index (κ1) is 8.21. The Morgan fingerprint density at radius 1 is 1.12 bits per heavy atom. The number of hydrogen-bond donors (Lipinski definition) is 1. The summed E-state index contributed by atoms with van der Waals surface area (Å²) in [5.41, 5.74) is -4.88. The maximum Gasteiger partial charge on any atom is 0.255 e. The second-order valence-electron chi connectivity index (χ2n) is 6.64. The average Bonchev–Trinajstić information content (AvgIpc) is 3.20. The number of imide groups is 1. The third-order valence-electron chi connectivity index (χ3n) is 4.55. The van der Waals surface area contributed by atoms with Crippen LogP contribution in [0.1, 0.15) is 68.7 Å². The Labute approximate surface area is 222 Å². The highest BCUT2D eigenvalue weighted by Gasteiger charge is 2.40. The molecule has 33 heavy (non-hydrogen) atoms. The third kappa shape index (κ3) is 4.62. The van der Waals surface area contributed by atoms with Gasteiger partial charge in [0.15, 0.2) is 0 Å². The van der Waals surface area contributed by atoms with E-state index in [2.05, 4.69) is 4.74 Å². The standard InChI is InChI=1S/C25H27N3O5/c29-23-9-8-21(24(30)26-23)28-15-20-19(25(28)31)2-1-3-22(20)33-16-18-6-4-17(5-7-18)14-27-10-12-32-13-11-27/h1-7,21H,8-16H2,(H,26,29,30)/t21-/m0/s1/i1D,2D,3D,4D,5D,6D,7D,10D2,11D2,12D2,13D2,14D2,15D2,16D2. The lowest BCUT2D eigenvalue weighted by molar-refractivity contribution is -0.136. The summed E-state index contributed by atoms with van der Waals surface area (Å²) in [7, 11) is 0. The van der Waals surface area contributed by atoms with Crippen molar-refractivity contribution in [1.82, 2.24) is 15.1 Å². The van der Waals surface area contributed by atoms with Gasteiger partial charge in [-0.3, -0.25) is 24.6 Å². The van der Waals surface area contributed by atoms with Crippen LogP contribution < -0.4 is 10.1 Å². The van der Waals surface area contributed by atoms with Crippen LogP contribution in [0.2, 0.25) is 0 Å². The Morgan fingerprint density at radius 2 is 1.88 bits per heavy atom. The lowest BCUT2D eigenvalue weighted by atomic mass is 10.0. The molecule has 172 valence electrons. The van der Waals surface area contributed by atoms with Crippen LogP contribution in [0.3, 0.4) is 0 Å². The average molecular weight is 471 g/mol. The number of benzene rings is 2. The molecule has 3 amide bonds. The molecular weight excluding hydrogens is 422 g/mol. The molecule has 3 aliphatic heterocycles. The van der Waals surface area contributed by atoms with E-state index in [0.717, 1.165) is 0 Å². The first-order chi connectivity index (χ1) is 24.2. The minimum atomic E-state index is -3.97. The third-order valence-corrected chi connectivity index (χ3v) is 4.55. The number of fused-ring (bicyclic) bond motifs is 1. The Balaban J connectivity index is 1.68. The molecule has 2 fully saturated rings. The molecule has 2 aromatic rings. The fourth-order valence-corrected chi connectivity index (χ4v) is 3.05. The molecule has 3 heterocycles. The molecule has 8 nitrogen and oxygen atoms in total. The predicted molar refractivity (Wildman–Crippen MR) is 119 cm³/mol. The van der Waals surface area contributed by atoms with Crippen LogP contribution in [0.5, 0.6) is 5.75 Å². The second kappa shape index (κ2) is 9.33. The van der Waals surface area contributed by atoms with Crippen molar-refractivity contribution in [2.45, 2.75) is 38.4 Å². The second-order valence-corrected chi connectivity index (χ2v) is 6.64. The van der Waals surface area contributed by atoms with Crippen molar-refractivity contribution >= 4 is 17.7 Å². The molecule has 3 aliphatic rings. The van der Waals surface area contributed by atoms with Crippen molar-refractivity contribution in [2.24, 2.45) is 0 Å². The summed E-state index contributed by atoms with van der Waals surface area (Å²) in [5, 5.41) is 1.94. The number of carbonyl (C=O) groups excluding carboxylic acids is 3. The predicted octanol–water partition coefficient (Wildman–Crippen LogP) is 1.86. The molecule has 0 aromatic heterocycles. The van der Waals surface area contributed by atoms with Gasteiger partial charge in [-0.05, 0) is 29.6 Å². The Hall–Kier alpha value is -3.23. The zero-order valence-electron chi connectivity index (χ0n) is 37.4. The number of nitrogens with one attached hydrogen (secondary N) is 1. The van der Waals surface area contributed by atoms with Gasteiger partial charge in [-0.1, -0.05) is 30.2 Å². The zero-order valence-corrected chi connectivity index (χ0v) is 16.4. The SMILES string of the molecule is [2H]c1c([2H])c(OC([2H])([2H])c2c([2H])c([2H])c(C([2H])([2H])N3C([2H])([2H])C([2H])([2H])OC([2H])([2H])C3([2H])[2H])c([2H])c2[2H])c2c(c1[2H])C(=O)N([C@H]1CCC(=O)NC1=O)C2([2H])[2H]. The first-order valence-corrected chi connectivity index (χ1v) is 9.36. The van der Waals surface area contributed by atoms with Gasteiger partial charge < -0.3 is 14.4 Å². The number of piperidine rings is 1. The van der Waals surface area contributed by atoms with Crippen molar-refractivity contribution in [3.8, 4) is 5.75 Å². The molecule has 1 atom stereocenters. The van der Waals surface area contributed by atoms with Crippen molar-refractivity contribution in [3.05, 3.63) is 64.6 Å². The zero-order chi connectivity index (χ0) is 41.4. The molecule has 0 spiro atoms. The number of carbonyl (C=O) groups is 3. The van der Waals surface area contributed by atoms with Crippen molar-refractivity contribution in [2.75, 3.05) is 26.1 Å². The number of rotatable bonds is 6. The van der Waals surface area contributed by atoms with E-state index in [1.165, 1.54) is 0 Å². The molecule has 2 aromatic carbocycles. The van der Waals surface area contributed by atoms with E-state index < -0.39 is 145 Å². The highest BCUT2D eigenvalue weighted by atomic mass is 16.5. The summed E-state index contributed by atoms with van der Waals surface area (Å²) in [6.07, 6.45) is -0.723. The lowest BCUT2D eigenvalue weighted by Gasteiger charge is -2.29. The molecule has 0 aliphatic carbocycles. The van der Waals surface area contributed by atoms with Crippen molar-refractivity contribution in [1.29, 1.82) is 0 Å². The van der Waals surface area contributed by atoms with Gasteiger partial charge in [0.1, 0.15) is 18.4 Å². The Morgan fingerprint density at radius 3 is 2.64 bits per heavy atom. The minimum absolute atomic E-state index is 0.318. The van der Waals surface area contributed by atoms with Gasteiger partial charge in [0.05, 0.1) is 40.2 Å². The summed E-state index contributed by atoms with van der Waals surface area (Å²) < 4.78 is 185. The molecule has 8 heteroatoms. The van der Waals surface area contributed by atoms with Crippen LogP contribution in [0.4, 0.5) is 0 Å². The van der Waals surface area contributed by atoms with Gasteiger partial charge in [0, 0.05) is 45.3 Å². The molecule has 0 unspecified atom stereocenters. The summed E-state index contributed by atoms with van der Waals surface area (Å²) in [6, 6.07) is -11.0. The maximum absolute atomic E-state index is 13.6. The van der Waals surface area contributed by atoms with Gasteiger partial charge in [-0.2, -0.15) is 0 Å². The van der Waals surface area contributed by atoms with Gasteiger partial charge in [-0.15, -0.1) is 0 Å². The molecular formula is C25H27N3O5. The fourth-order valence-electron chi connectivity index (χ4n) is 3.05. The van der Waals surface area contributed by atoms with Crippen molar-refractivity contribution < 1.29 is 52.6 Å². The number of morpholine rings is 1. The normalized spacial score (nSPS) is 38.9. The lowest BCUT2D eigenvalue weighted by Crippen LogP contribution is -2.52. The summed E-state index contributed by atoms with van der Waals surface area (Å²) in [5.74, 6) is -4.46. The van der Waals surface area contributed by atoms with Gasteiger partial charge in [0.25, 0.3) is 5.91 Å². The summed E-state index contributed by atoms with van der Waals surface area (Å²) in [6.45, 7) is -26.4. The summed E-state index contributed by atoms with van der Waals surface area (Å²) >= 11 is 0. The number of hydrogen-bond acceptors (Lipinski definition) is 6. The number of ether oxygens (including phenoxy) is 2. The highest BCUT2D eigenvalue weighted by Crippen LogP contribution is 2.34. The molecule has 0 bridgehead atoms. The Bertz CT molecular complexity index is 1970. The van der Waals surface area contributed by atoms with Gasteiger partial charge >= 0.3 is 0 Å². The smallest absolute Gasteiger partial charge is 0.255 e. The van der Waals surface area contributed by atoms with Crippen LogP contribution in [0.15, 0.2) is 42.3 Å². The minimum Gasteiger partial charge on any atom is -0.489 e. The van der Waals surface area contributed by atoms with Crippen LogP contribution in [-0.2, 0) is 33.9 Å². The van der Waals surface area contributed by atoms with Crippen LogP contribution in [-0.4, -0.2) is 59.7 Å². The van der Waals surface area contributed by atoms with E-state index in [1.807, 2.05) is 5.32 Å². The van der Waals surface area contributed by atoms with Crippen LogP contribution >= 0.6 is 0 Å². The fraction of sp³-hybridized carbons (Fsp3) is 0.400. The van der Waals surface area contributed by atoms with Crippen LogP contribution in [0, 0.1) is 0 Å². The number of amides is 3. The van der Waals surface area contributed by atoms with E-state index in [4.69, 9.17) is 33.5 Å². The molecule has 0 saturated carbocycles. The Kier molecular flexibility index (Phi) is 2.32. The molecule has 2 saturated heterocycles. The van der Waals surface area contributed by atoms with Crippen LogP contribution in [0.25, 0.3) is 0 Å². The molecule has 0 radical (unpaired) electrons. The van der Waals surface area contributed by atoms with E-state index in [1.54, 1.807) is 0 Å².